The Morgan fingerprint density at radius 3 is 1.64 bits per heavy atom. The number of amides is 1. The van der Waals surface area contributed by atoms with Gasteiger partial charge in [0, 0.05) is 24.3 Å². The van der Waals surface area contributed by atoms with E-state index in [1.54, 1.807) is 0 Å². The van der Waals surface area contributed by atoms with Crippen LogP contribution in [0.5, 0.6) is 0 Å². The summed E-state index contributed by atoms with van der Waals surface area (Å²) in [6.45, 7) is 2.88. The Labute approximate surface area is 438 Å². The Hall–Kier alpha value is -2.54. The van der Waals surface area contributed by atoms with Crippen LogP contribution in [0.1, 0.15) is 200 Å². The normalized spacial score (nSPS) is 25.1. The zero-order chi connectivity index (χ0) is 53.2. The number of aliphatic hydroxyl groups excluding tert-OH is 7. The fourth-order valence-electron chi connectivity index (χ4n) is 9.06. The predicted molar refractivity (Wildman–Crippen MR) is 277 cm³/mol. The van der Waals surface area contributed by atoms with Gasteiger partial charge in [-0.3, -0.25) is 14.4 Å². The fourth-order valence-corrected chi connectivity index (χ4v) is 10.0. The molecule has 9 unspecified atom stereocenters. The Morgan fingerprint density at radius 1 is 0.644 bits per heavy atom. The number of aromatic nitrogens is 3. The van der Waals surface area contributed by atoms with E-state index in [9.17, 15) is 50.1 Å². The van der Waals surface area contributed by atoms with Crippen molar-refractivity contribution in [3.63, 3.8) is 0 Å². The van der Waals surface area contributed by atoms with Gasteiger partial charge in [-0.25, -0.2) is 4.68 Å². The van der Waals surface area contributed by atoms with Gasteiger partial charge in [0.25, 0.3) is 0 Å². The number of nitrogens with zero attached hydrogens (tertiary/aromatic N) is 3. The number of carbonyl (C=O) groups excluding carboxylic acids is 3. The molecule has 1 aromatic rings. The molecule has 2 saturated heterocycles. The summed E-state index contributed by atoms with van der Waals surface area (Å²) in [7, 11) is 0. The summed E-state index contributed by atoms with van der Waals surface area (Å²) in [6.07, 6.45) is 16.0. The van der Waals surface area contributed by atoms with Crippen molar-refractivity contribution in [1.82, 2.24) is 15.0 Å². The van der Waals surface area contributed by atoms with Crippen molar-refractivity contribution >= 4 is 35.4 Å². The number of rotatable bonds is 42. The van der Waals surface area contributed by atoms with Crippen molar-refractivity contribution in [3.05, 3.63) is 6.20 Å². The largest absolute Gasteiger partial charge is 0.462 e. The smallest absolute Gasteiger partial charge is 0.306 e. The maximum atomic E-state index is 13.2. The molecule has 3 rings (SSSR count). The first-order valence-electron chi connectivity index (χ1n) is 27.8. The Balaban J connectivity index is 1.44. The van der Waals surface area contributed by atoms with E-state index < -0.39 is 92.6 Å². The molecule has 73 heavy (non-hydrogen) atoms. The average molecular weight is 1060 g/mol. The van der Waals surface area contributed by atoms with Crippen LogP contribution in [-0.2, 0) is 38.1 Å². The molecule has 12 atom stereocenters. The highest BCUT2D eigenvalue weighted by Crippen LogP contribution is 2.33. The molecule has 20 nitrogen and oxygen atoms in total. The molecule has 0 aromatic carbocycles. The van der Waals surface area contributed by atoms with Crippen molar-refractivity contribution in [3.8, 4) is 0 Å². The van der Waals surface area contributed by atoms with Crippen LogP contribution in [0.2, 0.25) is 0 Å². The van der Waals surface area contributed by atoms with E-state index in [-0.39, 0.29) is 48.7 Å². The molecule has 0 saturated carbocycles. The van der Waals surface area contributed by atoms with E-state index in [4.69, 9.17) is 29.4 Å². The minimum Gasteiger partial charge on any atom is -0.462 e. The van der Waals surface area contributed by atoms with Gasteiger partial charge in [-0.15, -0.1) is 5.10 Å². The van der Waals surface area contributed by atoms with Gasteiger partial charge in [0.15, 0.2) is 18.3 Å². The van der Waals surface area contributed by atoms with Crippen LogP contribution in [0.15, 0.2) is 6.20 Å². The lowest BCUT2D eigenvalue weighted by molar-refractivity contribution is -0.347. The number of nitrogens with two attached hydrogens (primary N) is 1. The molecule has 2 aliphatic rings. The summed E-state index contributed by atoms with van der Waals surface area (Å²) < 4.78 is 29.2. The van der Waals surface area contributed by atoms with Gasteiger partial charge >= 0.3 is 11.9 Å². The van der Waals surface area contributed by atoms with Gasteiger partial charge in [0.2, 0.25) is 5.91 Å². The molecule has 0 aliphatic carbocycles. The van der Waals surface area contributed by atoms with Crippen LogP contribution >= 0.6 is 11.8 Å². The molecular formula is C52H95N5O15S. The number of hydrogen-bond donors (Lipinski definition) is 9. The summed E-state index contributed by atoms with van der Waals surface area (Å²) in [5, 5.41) is 82.7. The summed E-state index contributed by atoms with van der Waals surface area (Å²) in [5.74, 6) is -1.10. The average Bonchev–Trinajstić information content (AvgIpc) is 3.85. The lowest BCUT2D eigenvalue weighted by atomic mass is 9.96. The molecule has 0 bridgehead atoms. The standard InChI is InChI=1S/C52H95N5O15S/c1-3-5-7-9-11-13-15-17-19-21-23-25-27-29-42(60)68-34-37(69-43(61)30-28-26-24-22-20-18-16-14-12-10-8-6-4-2)35-73-36-38(53)50(67)54-41-31-57(56-55-41)51-47(65)46(64)49(40(33-59)70-51)72-52-48(66)45(63)44(62)39(32-58)71-52/h31,37-40,44-49,51-52,58-59,62-66H,3-30,32-36,53H2,1-2H3,(H,54,67)/t37-,38-,39?,40?,44?,45?,46?,47?,48?,49?,51-,52?/m1/s1. The molecule has 0 radical (unpaired) electrons. The van der Waals surface area contributed by atoms with E-state index >= 15 is 0 Å². The van der Waals surface area contributed by atoms with Crippen LogP contribution in [0.3, 0.4) is 0 Å². The maximum Gasteiger partial charge on any atom is 0.306 e. The Morgan fingerprint density at radius 2 is 1.14 bits per heavy atom. The third-order valence-electron chi connectivity index (χ3n) is 13.6. The Bertz CT molecular complexity index is 1600. The number of nitrogens with one attached hydrogen (secondary N) is 1. The predicted octanol–water partition coefficient (Wildman–Crippen LogP) is 5.49. The van der Waals surface area contributed by atoms with Gasteiger partial charge < -0.3 is 70.5 Å². The van der Waals surface area contributed by atoms with Crippen LogP contribution < -0.4 is 11.1 Å². The molecule has 3 heterocycles. The van der Waals surface area contributed by atoms with Crippen molar-refractivity contribution < 1.29 is 73.8 Å². The molecule has 10 N–H and O–H groups in total. The molecule has 2 fully saturated rings. The van der Waals surface area contributed by atoms with Crippen molar-refractivity contribution in [2.24, 2.45) is 5.73 Å². The van der Waals surface area contributed by atoms with Gasteiger partial charge in [-0.2, -0.15) is 11.8 Å². The topological polar surface area (TPSA) is 308 Å². The first-order valence-corrected chi connectivity index (χ1v) is 29.0. The van der Waals surface area contributed by atoms with Gasteiger partial charge in [-0.05, 0) is 12.8 Å². The number of ether oxygens (including phenoxy) is 5. The summed E-state index contributed by atoms with van der Waals surface area (Å²) in [5.41, 5.74) is 6.25. The number of aliphatic hydroxyl groups is 7. The number of carbonyl (C=O) groups is 3. The monoisotopic (exact) mass is 1060 g/mol. The summed E-state index contributed by atoms with van der Waals surface area (Å²) >= 11 is 1.26. The first-order chi connectivity index (χ1) is 35.3. The molecule has 1 aromatic heterocycles. The molecule has 0 spiro atoms. The Kier molecular flexibility index (Phi) is 34.5. The minimum atomic E-state index is -1.82. The van der Waals surface area contributed by atoms with E-state index in [0.717, 1.165) is 49.6 Å². The summed E-state index contributed by atoms with van der Waals surface area (Å²) in [6, 6.07) is -1.06. The second-order valence-corrected chi connectivity index (χ2v) is 21.1. The van der Waals surface area contributed by atoms with Crippen LogP contribution in [0, 0.1) is 0 Å². The molecular weight excluding hydrogens is 967 g/mol. The molecule has 424 valence electrons. The third kappa shape index (κ3) is 25.4. The second-order valence-electron chi connectivity index (χ2n) is 20.0. The van der Waals surface area contributed by atoms with Crippen molar-refractivity contribution in [1.29, 1.82) is 0 Å². The number of unbranched alkanes of at least 4 members (excludes halogenated alkanes) is 24. The number of esters is 2. The quantitative estimate of drug-likeness (QED) is 0.0289. The van der Waals surface area contributed by atoms with Crippen LogP contribution in [-0.4, -0.2) is 167 Å². The van der Waals surface area contributed by atoms with E-state index in [0.29, 0.717) is 6.42 Å². The third-order valence-corrected chi connectivity index (χ3v) is 14.8. The van der Waals surface area contributed by atoms with E-state index in [1.165, 1.54) is 134 Å². The second kappa shape index (κ2) is 38.9. The van der Waals surface area contributed by atoms with Crippen molar-refractivity contribution in [2.45, 2.75) is 267 Å². The SMILES string of the molecule is CCCCCCCCCCCCCCCC(=O)OC[C@H](CSC[C@@H](N)C(=O)Nc1cn([C@@H]2OC(CO)C(OC3OC(CO)C(O)C(O)C3O)C(O)C2O)nn1)OC(=O)CCCCCCCCCCCCCCC. The lowest BCUT2D eigenvalue weighted by Gasteiger charge is -2.45. The first kappa shape index (κ1) is 64.7. The zero-order valence-corrected chi connectivity index (χ0v) is 44.9. The van der Waals surface area contributed by atoms with Gasteiger partial charge in [-0.1, -0.05) is 173 Å². The zero-order valence-electron chi connectivity index (χ0n) is 44.1. The number of hydrogen-bond acceptors (Lipinski definition) is 19. The highest BCUT2D eigenvalue weighted by molar-refractivity contribution is 7.99. The highest BCUT2D eigenvalue weighted by atomic mass is 32.2. The lowest BCUT2D eigenvalue weighted by Crippen LogP contribution is -2.63. The van der Waals surface area contributed by atoms with E-state index in [2.05, 4.69) is 29.5 Å². The van der Waals surface area contributed by atoms with Crippen LogP contribution in [0.4, 0.5) is 5.82 Å². The fraction of sp³-hybridized carbons (Fsp3) is 0.904. The molecule has 1 amide bonds. The van der Waals surface area contributed by atoms with Gasteiger partial charge in [0.05, 0.1) is 25.5 Å². The molecule has 21 heteroatoms. The van der Waals surface area contributed by atoms with Crippen molar-refractivity contribution in [2.75, 3.05) is 36.6 Å². The minimum absolute atomic E-state index is 0.0774. The van der Waals surface area contributed by atoms with Crippen LogP contribution in [0.25, 0.3) is 0 Å². The molecule has 2 aliphatic heterocycles. The number of thioether (sulfide) groups is 1. The number of anilines is 1. The summed E-state index contributed by atoms with van der Waals surface area (Å²) in [4.78, 5) is 38.9. The highest BCUT2D eigenvalue weighted by Gasteiger charge is 2.51. The van der Waals surface area contributed by atoms with Gasteiger partial charge in [0.1, 0.15) is 61.5 Å². The maximum absolute atomic E-state index is 13.2. The van der Waals surface area contributed by atoms with E-state index in [1.807, 2.05) is 0 Å².